The summed E-state index contributed by atoms with van der Waals surface area (Å²) in [5.74, 6) is 1.73. The minimum atomic E-state index is -0.154. The van der Waals surface area contributed by atoms with Crippen LogP contribution < -0.4 is 10.5 Å². The topological polar surface area (TPSA) is 48.4 Å². The molecule has 0 saturated carbocycles. The van der Waals surface area contributed by atoms with Crippen LogP contribution in [0.25, 0.3) is 0 Å². The van der Waals surface area contributed by atoms with Gasteiger partial charge in [-0.2, -0.15) is 0 Å². The van der Waals surface area contributed by atoms with Crippen molar-refractivity contribution in [1.29, 1.82) is 0 Å². The van der Waals surface area contributed by atoms with Crippen molar-refractivity contribution in [1.82, 2.24) is 0 Å². The van der Waals surface area contributed by atoms with Crippen LogP contribution in [-0.2, 0) is 0 Å². The van der Waals surface area contributed by atoms with Gasteiger partial charge in [0.25, 0.3) is 0 Å². The maximum Gasteiger partial charge on any atom is 0.119 e. The Balaban J connectivity index is 2.34. The highest BCUT2D eigenvalue weighted by molar-refractivity contribution is 5.40. The Morgan fingerprint density at radius 2 is 2.00 bits per heavy atom. The molecule has 1 aromatic carbocycles. The summed E-state index contributed by atoms with van der Waals surface area (Å²) in [6.07, 6.45) is 1.71. The van der Waals surface area contributed by atoms with Crippen LogP contribution in [0.2, 0.25) is 0 Å². The lowest BCUT2D eigenvalue weighted by Gasteiger charge is -2.14. The van der Waals surface area contributed by atoms with Crippen LogP contribution in [0.15, 0.2) is 34.9 Å². The number of aryl methyl sites for hydroxylation is 2. The first-order valence-corrected chi connectivity index (χ1v) is 5.57. The van der Waals surface area contributed by atoms with Crippen LogP contribution in [0.4, 0.5) is 0 Å². The van der Waals surface area contributed by atoms with Crippen molar-refractivity contribution < 1.29 is 9.15 Å². The maximum atomic E-state index is 6.22. The summed E-state index contributed by atoms with van der Waals surface area (Å²) in [5.41, 5.74) is 9.43. The Kier molecular flexibility index (Phi) is 3.20. The van der Waals surface area contributed by atoms with E-state index in [1.54, 1.807) is 13.4 Å². The van der Waals surface area contributed by atoms with Crippen molar-refractivity contribution in [3.8, 4) is 5.75 Å². The molecule has 0 aliphatic carbocycles. The van der Waals surface area contributed by atoms with Crippen LogP contribution in [0.5, 0.6) is 5.75 Å². The van der Waals surface area contributed by atoms with Gasteiger partial charge in [-0.15, -0.1) is 0 Å². The van der Waals surface area contributed by atoms with Crippen LogP contribution >= 0.6 is 0 Å². The lowest BCUT2D eigenvalue weighted by atomic mass is 9.97. The van der Waals surface area contributed by atoms with Gasteiger partial charge in [-0.3, -0.25) is 0 Å². The molecule has 0 spiro atoms. The van der Waals surface area contributed by atoms with Gasteiger partial charge in [0.1, 0.15) is 11.5 Å². The zero-order valence-electron chi connectivity index (χ0n) is 10.4. The molecule has 0 aliphatic rings. The van der Waals surface area contributed by atoms with Gasteiger partial charge >= 0.3 is 0 Å². The number of nitrogens with two attached hydrogens (primary N) is 1. The number of furan rings is 1. The van der Waals surface area contributed by atoms with Gasteiger partial charge in [0.05, 0.1) is 19.4 Å². The van der Waals surface area contributed by atoms with Crippen molar-refractivity contribution in [2.45, 2.75) is 19.9 Å². The van der Waals surface area contributed by atoms with Crippen LogP contribution in [0.1, 0.15) is 28.5 Å². The Hall–Kier alpha value is -1.74. The van der Waals surface area contributed by atoms with E-state index < -0.39 is 0 Å². The van der Waals surface area contributed by atoms with Gasteiger partial charge in [0.2, 0.25) is 0 Å². The van der Waals surface area contributed by atoms with Gasteiger partial charge in [0, 0.05) is 5.56 Å². The smallest absolute Gasteiger partial charge is 0.119 e. The third kappa shape index (κ3) is 2.34. The van der Waals surface area contributed by atoms with Crippen molar-refractivity contribution in [2.75, 3.05) is 7.11 Å². The number of ether oxygens (including phenoxy) is 1. The molecule has 2 rings (SSSR count). The second kappa shape index (κ2) is 4.63. The Morgan fingerprint density at radius 1 is 1.24 bits per heavy atom. The van der Waals surface area contributed by atoms with Crippen molar-refractivity contribution in [2.24, 2.45) is 5.73 Å². The number of rotatable bonds is 3. The molecule has 0 amide bonds. The van der Waals surface area contributed by atoms with Gasteiger partial charge < -0.3 is 14.9 Å². The lowest BCUT2D eigenvalue weighted by Crippen LogP contribution is -2.12. The molecule has 3 heteroatoms. The summed E-state index contributed by atoms with van der Waals surface area (Å²) < 4.78 is 10.5. The van der Waals surface area contributed by atoms with Crippen LogP contribution in [-0.4, -0.2) is 7.11 Å². The Bertz CT molecular complexity index is 517. The number of benzene rings is 1. The molecular weight excluding hydrogens is 214 g/mol. The predicted molar refractivity (Wildman–Crippen MR) is 67.2 cm³/mol. The number of hydrogen-bond donors (Lipinski definition) is 1. The third-order valence-electron chi connectivity index (χ3n) is 2.92. The van der Waals surface area contributed by atoms with E-state index in [9.17, 15) is 0 Å². The minimum absolute atomic E-state index is 0.154. The van der Waals surface area contributed by atoms with E-state index in [-0.39, 0.29) is 6.04 Å². The van der Waals surface area contributed by atoms with Gasteiger partial charge in [0.15, 0.2) is 0 Å². The van der Waals surface area contributed by atoms with E-state index in [2.05, 4.69) is 0 Å². The molecule has 0 aliphatic heterocycles. The largest absolute Gasteiger partial charge is 0.497 e. The van der Waals surface area contributed by atoms with Crippen LogP contribution in [0, 0.1) is 13.8 Å². The molecule has 17 heavy (non-hydrogen) atoms. The fourth-order valence-corrected chi connectivity index (χ4v) is 1.93. The summed E-state index contributed by atoms with van der Waals surface area (Å²) in [6.45, 7) is 3.95. The molecule has 0 bridgehead atoms. The monoisotopic (exact) mass is 231 g/mol. The number of methoxy groups -OCH3 is 1. The molecule has 0 fully saturated rings. The predicted octanol–water partition coefficient (Wildman–Crippen LogP) is 2.95. The molecule has 1 atom stereocenters. The Labute approximate surface area is 101 Å². The van der Waals surface area contributed by atoms with E-state index in [0.717, 1.165) is 28.2 Å². The average Bonchev–Trinajstić information content (AvgIpc) is 2.75. The van der Waals surface area contributed by atoms with Crippen molar-refractivity contribution >= 4 is 0 Å². The molecule has 3 nitrogen and oxygen atoms in total. The quantitative estimate of drug-likeness (QED) is 0.883. The van der Waals surface area contributed by atoms with E-state index in [1.807, 2.05) is 38.1 Å². The summed E-state index contributed by atoms with van der Waals surface area (Å²) in [4.78, 5) is 0. The summed E-state index contributed by atoms with van der Waals surface area (Å²) in [7, 11) is 1.66. The molecule has 1 heterocycles. The average molecular weight is 231 g/mol. The Morgan fingerprint density at radius 3 is 2.53 bits per heavy atom. The summed E-state index contributed by atoms with van der Waals surface area (Å²) >= 11 is 0. The van der Waals surface area contributed by atoms with E-state index in [0.29, 0.717) is 0 Å². The maximum absolute atomic E-state index is 6.22. The normalized spacial score (nSPS) is 12.5. The highest BCUT2D eigenvalue weighted by Crippen LogP contribution is 2.26. The highest BCUT2D eigenvalue weighted by Gasteiger charge is 2.13. The molecule has 0 radical (unpaired) electrons. The molecule has 2 aromatic rings. The molecule has 1 unspecified atom stereocenters. The first kappa shape index (κ1) is 11.7. The van der Waals surface area contributed by atoms with Crippen LogP contribution in [0.3, 0.4) is 0 Å². The SMILES string of the molecule is COc1ccc(C(N)c2coc(C)c2)c(C)c1. The van der Waals surface area contributed by atoms with E-state index in [1.165, 1.54) is 0 Å². The third-order valence-corrected chi connectivity index (χ3v) is 2.92. The molecule has 0 saturated heterocycles. The minimum Gasteiger partial charge on any atom is -0.497 e. The van der Waals surface area contributed by atoms with Gasteiger partial charge in [-0.05, 0) is 43.2 Å². The van der Waals surface area contributed by atoms with Gasteiger partial charge in [-0.1, -0.05) is 6.07 Å². The molecule has 2 N–H and O–H groups in total. The second-order valence-electron chi connectivity index (χ2n) is 4.19. The second-order valence-corrected chi connectivity index (χ2v) is 4.19. The standard InChI is InChI=1S/C14H17NO2/c1-9-6-12(16-3)4-5-13(9)14(15)11-7-10(2)17-8-11/h4-8,14H,15H2,1-3H3. The van der Waals surface area contributed by atoms with E-state index in [4.69, 9.17) is 14.9 Å². The fourth-order valence-electron chi connectivity index (χ4n) is 1.93. The fraction of sp³-hybridized carbons (Fsp3) is 0.286. The zero-order chi connectivity index (χ0) is 12.4. The first-order chi connectivity index (χ1) is 8.11. The molecular formula is C14H17NO2. The van der Waals surface area contributed by atoms with E-state index >= 15 is 0 Å². The van der Waals surface area contributed by atoms with Crippen molar-refractivity contribution in [3.05, 3.63) is 53.0 Å². The number of hydrogen-bond acceptors (Lipinski definition) is 3. The molecule has 90 valence electrons. The zero-order valence-corrected chi connectivity index (χ0v) is 10.4. The van der Waals surface area contributed by atoms with Gasteiger partial charge in [-0.25, -0.2) is 0 Å². The molecule has 1 aromatic heterocycles. The van der Waals surface area contributed by atoms with Crippen molar-refractivity contribution in [3.63, 3.8) is 0 Å². The lowest BCUT2D eigenvalue weighted by molar-refractivity contribution is 0.414. The highest BCUT2D eigenvalue weighted by atomic mass is 16.5. The summed E-state index contributed by atoms with van der Waals surface area (Å²) in [5, 5.41) is 0. The summed E-state index contributed by atoms with van der Waals surface area (Å²) in [6, 6.07) is 7.73. The first-order valence-electron chi connectivity index (χ1n) is 5.57.